The van der Waals surface area contributed by atoms with Crippen molar-refractivity contribution >= 4 is 22.6 Å². The Kier molecular flexibility index (Phi) is 5.27. The lowest BCUT2D eigenvalue weighted by molar-refractivity contribution is 0.122. The minimum absolute atomic E-state index is 1.08. The van der Waals surface area contributed by atoms with Gasteiger partial charge in [-0.25, -0.2) is 0 Å². The van der Waals surface area contributed by atoms with Crippen molar-refractivity contribution in [2.45, 2.75) is 13.1 Å². The quantitative estimate of drug-likeness (QED) is 0.734. The Bertz CT molecular complexity index is 545. The van der Waals surface area contributed by atoms with E-state index in [0.717, 1.165) is 13.1 Å². The fourth-order valence-electron chi connectivity index (χ4n) is 2.80. The molecule has 21 heavy (non-hydrogen) atoms. The molecule has 1 fully saturated rings. The van der Waals surface area contributed by atoms with Gasteiger partial charge in [-0.3, -0.25) is 9.80 Å². The highest BCUT2D eigenvalue weighted by atomic mass is 127. The van der Waals surface area contributed by atoms with Crippen LogP contribution in [-0.2, 0) is 13.1 Å². The summed E-state index contributed by atoms with van der Waals surface area (Å²) in [6.07, 6.45) is 0. The molecule has 0 unspecified atom stereocenters. The number of halogens is 1. The first-order valence-electron chi connectivity index (χ1n) is 7.53. The Morgan fingerprint density at radius 2 is 1.14 bits per heavy atom. The van der Waals surface area contributed by atoms with Gasteiger partial charge in [0.25, 0.3) is 0 Å². The van der Waals surface area contributed by atoms with Crippen molar-refractivity contribution in [2.75, 3.05) is 26.2 Å². The summed E-state index contributed by atoms with van der Waals surface area (Å²) in [7, 11) is 0. The standard InChI is InChI=1S/C18H21IN2/c19-18-8-6-17(7-9-18)15-21-12-10-20(11-13-21)14-16-4-2-1-3-5-16/h1-9H,10-15H2. The van der Waals surface area contributed by atoms with Crippen LogP contribution in [0, 0.1) is 3.57 Å². The highest BCUT2D eigenvalue weighted by Gasteiger charge is 2.16. The Labute approximate surface area is 140 Å². The molecule has 0 saturated carbocycles. The molecule has 0 radical (unpaired) electrons. The van der Waals surface area contributed by atoms with Crippen LogP contribution < -0.4 is 0 Å². The summed E-state index contributed by atoms with van der Waals surface area (Å²) in [5.41, 5.74) is 2.84. The van der Waals surface area contributed by atoms with Crippen LogP contribution in [0.15, 0.2) is 54.6 Å². The first-order chi connectivity index (χ1) is 10.3. The van der Waals surface area contributed by atoms with E-state index in [0.29, 0.717) is 0 Å². The van der Waals surface area contributed by atoms with Crippen molar-refractivity contribution in [3.63, 3.8) is 0 Å². The van der Waals surface area contributed by atoms with Crippen LogP contribution in [0.4, 0.5) is 0 Å². The molecule has 0 aliphatic carbocycles. The monoisotopic (exact) mass is 392 g/mol. The summed E-state index contributed by atoms with van der Waals surface area (Å²) in [6, 6.07) is 19.7. The number of benzene rings is 2. The lowest BCUT2D eigenvalue weighted by atomic mass is 10.1. The van der Waals surface area contributed by atoms with Gasteiger partial charge in [-0.05, 0) is 45.9 Å². The van der Waals surface area contributed by atoms with Gasteiger partial charge in [0, 0.05) is 42.8 Å². The zero-order valence-electron chi connectivity index (χ0n) is 12.2. The third-order valence-electron chi connectivity index (χ3n) is 4.03. The molecule has 2 aromatic carbocycles. The van der Waals surface area contributed by atoms with E-state index in [9.17, 15) is 0 Å². The molecule has 0 aromatic heterocycles. The second kappa shape index (κ2) is 7.38. The topological polar surface area (TPSA) is 6.48 Å². The van der Waals surface area contributed by atoms with E-state index in [1.807, 2.05) is 0 Å². The average molecular weight is 392 g/mol. The van der Waals surface area contributed by atoms with Crippen LogP contribution in [0.3, 0.4) is 0 Å². The number of piperazine rings is 1. The normalized spacial score (nSPS) is 17.0. The van der Waals surface area contributed by atoms with E-state index in [1.54, 1.807) is 0 Å². The Morgan fingerprint density at radius 1 is 0.667 bits per heavy atom. The molecule has 2 nitrogen and oxygen atoms in total. The number of nitrogens with zero attached hydrogens (tertiary/aromatic N) is 2. The van der Waals surface area contributed by atoms with Crippen LogP contribution in [0.1, 0.15) is 11.1 Å². The number of hydrogen-bond acceptors (Lipinski definition) is 2. The van der Waals surface area contributed by atoms with Gasteiger partial charge in [0.05, 0.1) is 0 Å². The van der Waals surface area contributed by atoms with Gasteiger partial charge in [0.1, 0.15) is 0 Å². The van der Waals surface area contributed by atoms with Gasteiger partial charge in [0.2, 0.25) is 0 Å². The molecule has 0 bridgehead atoms. The number of hydrogen-bond donors (Lipinski definition) is 0. The van der Waals surface area contributed by atoms with Crippen LogP contribution in [-0.4, -0.2) is 36.0 Å². The first kappa shape index (κ1) is 15.0. The fraction of sp³-hybridized carbons (Fsp3) is 0.333. The summed E-state index contributed by atoms with van der Waals surface area (Å²) in [5.74, 6) is 0. The average Bonchev–Trinajstić information content (AvgIpc) is 2.53. The van der Waals surface area contributed by atoms with Crippen LogP contribution in [0.5, 0.6) is 0 Å². The molecule has 0 spiro atoms. The van der Waals surface area contributed by atoms with Crippen LogP contribution in [0.2, 0.25) is 0 Å². The van der Waals surface area contributed by atoms with Crippen molar-refractivity contribution in [2.24, 2.45) is 0 Å². The fourth-order valence-corrected chi connectivity index (χ4v) is 3.15. The number of rotatable bonds is 4. The van der Waals surface area contributed by atoms with Gasteiger partial charge < -0.3 is 0 Å². The van der Waals surface area contributed by atoms with Crippen LogP contribution in [0.25, 0.3) is 0 Å². The van der Waals surface area contributed by atoms with Gasteiger partial charge in [-0.15, -0.1) is 0 Å². The maximum Gasteiger partial charge on any atom is 0.0234 e. The molecule has 1 aliphatic rings. The summed E-state index contributed by atoms with van der Waals surface area (Å²) >= 11 is 2.36. The van der Waals surface area contributed by atoms with Crippen molar-refractivity contribution < 1.29 is 0 Å². The molecule has 3 heteroatoms. The van der Waals surface area contributed by atoms with E-state index in [2.05, 4.69) is 87.0 Å². The maximum absolute atomic E-state index is 2.56. The maximum atomic E-state index is 2.56. The van der Waals surface area contributed by atoms with E-state index in [1.165, 1.54) is 40.9 Å². The third kappa shape index (κ3) is 4.53. The lowest BCUT2D eigenvalue weighted by Crippen LogP contribution is -2.45. The van der Waals surface area contributed by atoms with Crippen molar-refractivity contribution in [1.29, 1.82) is 0 Å². The molecule has 0 atom stereocenters. The largest absolute Gasteiger partial charge is 0.297 e. The highest BCUT2D eigenvalue weighted by molar-refractivity contribution is 14.1. The molecule has 0 N–H and O–H groups in total. The molecular weight excluding hydrogens is 371 g/mol. The van der Waals surface area contributed by atoms with Crippen molar-refractivity contribution in [3.8, 4) is 0 Å². The predicted molar refractivity (Wildman–Crippen MR) is 96.2 cm³/mol. The van der Waals surface area contributed by atoms with Gasteiger partial charge in [0.15, 0.2) is 0 Å². The Hall–Kier alpha value is -0.910. The minimum Gasteiger partial charge on any atom is -0.297 e. The van der Waals surface area contributed by atoms with Crippen LogP contribution >= 0.6 is 22.6 Å². The Morgan fingerprint density at radius 3 is 1.67 bits per heavy atom. The van der Waals surface area contributed by atoms with E-state index < -0.39 is 0 Å². The summed E-state index contributed by atoms with van der Waals surface area (Å²) in [6.45, 7) is 6.82. The van der Waals surface area contributed by atoms with Gasteiger partial charge in [-0.1, -0.05) is 42.5 Å². The summed E-state index contributed by atoms with van der Waals surface area (Å²) < 4.78 is 1.31. The molecule has 2 aromatic rings. The predicted octanol–water partition coefficient (Wildman–Crippen LogP) is 3.61. The highest BCUT2D eigenvalue weighted by Crippen LogP contribution is 2.13. The molecule has 3 rings (SSSR count). The minimum atomic E-state index is 1.08. The Balaban J connectivity index is 1.47. The second-order valence-electron chi connectivity index (χ2n) is 5.66. The molecule has 1 heterocycles. The van der Waals surface area contributed by atoms with E-state index in [-0.39, 0.29) is 0 Å². The smallest absolute Gasteiger partial charge is 0.0234 e. The molecule has 1 aliphatic heterocycles. The summed E-state index contributed by atoms with van der Waals surface area (Å²) in [4.78, 5) is 5.11. The van der Waals surface area contributed by atoms with E-state index in [4.69, 9.17) is 0 Å². The second-order valence-corrected chi connectivity index (χ2v) is 6.91. The SMILES string of the molecule is Ic1ccc(CN2CCN(Cc3ccccc3)CC2)cc1. The first-order valence-corrected chi connectivity index (χ1v) is 8.60. The zero-order chi connectivity index (χ0) is 14.5. The van der Waals surface area contributed by atoms with Gasteiger partial charge in [-0.2, -0.15) is 0 Å². The van der Waals surface area contributed by atoms with Crippen molar-refractivity contribution in [1.82, 2.24) is 9.80 Å². The lowest BCUT2D eigenvalue weighted by Gasteiger charge is -2.34. The molecular formula is C18H21IN2. The zero-order valence-corrected chi connectivity index (χ0v) is 14.4. The van der Waals surface area contributed by atoms with Crippen molar-refractivity contribution in [3.05, 3.63) is 69.3 Å². The summed E-state index contributed by atoms with van der Waals surface area (Å²) in [5, 5.41) is 0. The van der Waals surface area contributed by atoms with E-state index >= 15 is 0 Å². The van der Waals surface area contributed by atoms with Gasteiger partial charge >= 0.3 is 0 Å². The molecule has 110 valence electrons. The third-order valence-corrected chi connectivity index (χ3v) is 4.75. The molecule has 1 saturated heterocycles. The molecule has 0 amide bonds.